The second-order valence-electron chi connectivity index (χ2n) is 2.54. The van der Waals surface area contributed by atoms with Gasteiger partial charge in [-0.25, -0.2) is 4.39 Å². The standard InChI is InChI=1S/C9H6ClFOS/c1-12-9-5(10)2-3-7-8(9)6(11)4-13-7/h2-4H,1H3. The zero-order valence-electron chi connectivity index (χ0n) is 6.80. The van der Waals surface area contributed by atoms with Crippen molar-refractivity contribution in [1.82, 2.24) is 0 Å². The predicted molar refractivity (Wildman–Crippen MR) is 53.3 cm³/mol. The Morgan fingerprint density at radius 2 is 2.23 bits per heavy atom. The number of halogens is 2. The Labute approximate surface area is 83.7 Å². The quantitative estimate of drug-likeness (QED) is 0.706. The maximum absolute atomic E-state index is 13.2. The zero-order chi connectivity index (χ0) is 9.42. The van der Waals surface area contributed by atoms with Crippen LogP contribution in [0, 0.1) is 5.82 Å². The number of hydrogen-bond donors (Lipinski definition) is 0. The SMILES string of the molecule is COc1c(Cl)ccc2scc(F)c12. The van der Waals surface area contributed by atoms with Gasteiger partial charge in [0.15, 0.2) is 0 Å². The van der Waals surface area contributed by atoms with Crippen LogP contribution in [0.5, 0.6) is 5.75 Å². The molecule has 1 nitrogen and oxygen atoms in total. The summed E-state index contributed by atoms with van der Waals surface area (Å²) in [7, 11) is 1.48. The highest BCUT2D eigenvalue weighted by Gasteiger charge is 2.12. The number of rotatable bonds is 1. The molecule has 0 saturated carbocycles. The van der Waals surface area contributed by atoms with Crippen LogP contribution in [0.25, 0.3) is 10.1 Å². The predicted octanol–water partition coefficient (Wildman–Crippen LogP) is 3.70. The van der Waals surface area contributed by atoms with Gasteiger partial charge in [0.25, 0.3) is 0 Å². The van der Waals surface area contributed by atoms with Crippen molar-refractivity contribution in [2.24, 2.45) is 0 Å². The molecule has 0 radical (unpaired) electrons. The molecule has 0 amide bonds. The molecule has 1 aromatic carbocycles. The van der Waals surface area contributed by atoms with Crippen LogP contribution in [0.2, 0.25) is 5.02 Å². The lowest BCUT2D eigenvalue weighted by molar-refractivity contribution is 0.418. The Kier molecular flexibility index (Phi) is 2.14. The summed E-state index contributed by atoms with van der Waals surface area (Å²) in [5.41, 5.74) is 0. The Morgan fingerprint density at radius 1 is 1.46 bits per heavy atom. The lowest BCUT2D eigenvalue weighted by Crippen LogP contribution is -1.85. The monoisotopic (exact) mass is 216 g/mol. The number of hydrogen-bond acceptors (Lipinski definition) is 2. The van der Waals surface area contributed by atoms with Crippen LogP contribution in [-0.4, -0.2) is 7.11 Å². The first-order valence-corrected chi connectivity index (χ1v) is 4.89. The molecule has 0 N–H and O–H groups in total. The molecule has 0 saturated heterocycles. The van der Waals surface area contributed by atoms with Gasteiger partial charge in [-0.15, -0.1) is 11.3 Å². The van der Waals surface area contributed by atoms with E-state index >= 15 is 0 Å². The largest absolute Gasteiger partial charge is 0.494 e. The molecular weight excluding hydrogens is 211 g/mol. The van der Waals surface area contributed by atoms with E-state index in [0.717, 1.165) is 4.70 Å². The fourth-order valence-corrected chi connectivity index (χ4v) is 2.27. The Hall–Kier alpha value is -0.800. The molecule has 4 heteroatoms. The molecule has 0 bridgehead atoms. The number of ether oxygens (including phenoxy) is 1. The lowest BCUT2D eigenvalue weighted by atomic mass is 10.2. The Morgan fingerprint density at radius 3 is 2.92 bits per heavy atom. The van der Waals surface area contributed by atoms with Crippen LogP contribution in [0.1, 0.15) is 0 Å². The minimum atomic E-state index is -0.278. The minimum absolute atomic E-state index is 0.278. The van der Waals surface area contributed by atoms with Crippen molar-refractivity contribution in [2.75, 3.05) is 7.11 Å². The molecule has 0 aliphatic carbocycles. The summed E-state index contributed by atoms with van der Waals surface area (Å²) >= 11 is 7.18. The first kappa shape index (κ1) is 8.78. The molecular formula is C9H6ClFOS. The normalized spacial score (nSPS) is 10.7. The van der Waals surface area contributed by atoms with Gasteiger partial charge < -0.3 is 4.74 Å². The van der Waals surface area contributed by atoms with E-state index in [9.17, 15) is 4.39 Å². The van der Waals surface area contributed by atoms with Gasteiger partial charge in [0, 0.05) is 10.1 Å². The molecule has 68 valence electrons. The highest BCUT2D eigenvalue weighted by atomic mass is 35.5. The van der Waals surface area contributed by atoms with Crippen molar-refractivity contribution >= 4 is 33.0 Å². The highest BCUT2D eigenvalue weighted by Crippen LogP contribution is 2.37. The molecule has 1 aromatic heterocycles. The third kappa shape index (κ3) is 1.28. The van der Waals surface area contributed by atoms with Crippen LogP contribution < -0.4 is 4.74 Å². The molecule has 0 spiro atoms. The fourth-order valence-electron chi connectivity index (χ4n) is 1.24. The molecule has 2 rings (SSSR count). The maximum atomic E-state index is 13.2. The van der Waals surface area contributed by atoms with E-state index in [1.54, 1.807) is 12.1 Å². The van der Waals surface area contributed by atoms with Crippen LogP contribution in [0.15, 0.2) is 17.5 Å². The molecule has 0 atom stereocenters. The molecule has 0 unspecified atom stereocenters. The van der Waals surface area contributed by atoms with Crippen molar-refractivity contribution in [3.8, 4) is 5.75 Å². The van der Waals surface area contributed by atoms with Crippen molar-refractivity contribution < 1.29 is 9.13 Å². The first-order valence-electron chi connectivity index (χ1n) is 3.63. The van der Waals surface area contributed by atoms with Gasteiger partial charge in [0.2, 0.25) is 0 Å². The third-order valence-electron chi connectivity index (χ3n) is 1.80. The lowest BCUT2D eigenvalue weighted by Gasteiger charge is -2.03. The fraction of sp³-hybridized carbons (Fsp3) is 0.111. The summed E-state index contributed by atoms with van der Waals surface area (Å²) < 4.78 is 19.1. The Balaban J connectivity index is 2.88. The van der Waals surface area contributed by atoms with Crippen molar-refractivity contribution in [2.45, 2.75) is 0 Å². The van der Waals surface area contributed by atoms with Crippen LogP contribution >= 0.6 is 22.9 Å². The number of methoxy groups -OCH3 is 1. The first-order chi connectivity index (χ1) is 6.24. The van der Waals surface area contributed by atoms with E-state index in [1.807, 2.05) is 0 Å². The summed E-state index contributed by atoms with van der Waals surface area (Å²) in [6.45, 7) is 0. The van der Waals surface area contributed by atoms with E-state index in [1.165, 1.54) is 23.8 Å². The zero-order valence-corrected chi connectivity index (χ0v) is 8.38. The van der Waals surface area contributed by atoms with Crippen molar-refractivity contribution in [3.05, 3.63) is 28.4 Å². The van der Waals surface area contributed by atoms with Gasteiger partial charge >= 0.3 is 0 Å². The molecule has 13 heavy (non-hydrogen) atoms. The smallest absolute Gasteiger partial charge is 0.149 e. The van der Waals surface area contributed by atoms with E-state index in [-0.39, 0.29) is 5.82 Å². The minimum Gasteiger partial charge on any atom is -0.494 e. The van der Waals surface area contributed by atoms with Gasteiger partial charge in [-0.1, -0.05) is 11.6 Å². The summed E-state index contributed by atoms with van der Waals surface area (Å²) in [6, 6.07) is 3.49. The molecule has 2 aromatic rings. The molecule has 0 fully saturated rings. The third-order valence-corrected chi connectivity index (χ3v) is 3.02. The summed E-state index contributed by atoms with van der Waals surface area (Å²) in [6.07, 6.45) is 0. The summed E-state index contributed by atoms with van der Waals surface area (Å²) in [5.74, 6) is 0.136. The van der Waals surface area contributed by atoms with Crippen LogP contribution in [0.4, 0.5) is 4.39 Å². The number of fused-ring (bicyclic) bond motifs is 1. The summed E-state index contributed by atoms with van der Waals surface area (Å²) in [4.78, 5) is 0. The van der Waals surface area contributed by atoms with E-state index in [4.69, 9.17) is 16.3 Å². The summed E-state index contributed by atoms with van der Waals surface area (Å²) in [5, 5.41) is 2.36. The topological polar surface area (TPSA) is 9.23 Å². The number of thiophene rings is 1. The molecule has 0 aliphatic heterocycles. The molecule has 0 aliphatic rings. The maximum Gasteiger partial charge on any atom is 0.149 e. The van der Waals surface area contributed by atoms with Crippen LogP contribution in [-0.2, 0) is 0 Å². The second kappa shape index (κ2) is 3.16. The average molecular weight is 217 g/mol. The van der Waals surface area contributed by atoms with Gasteiger partial charge in [-0.2, -0.15) is 0 Å². The van der Waals surface area contributed by atoms with Crippen LogP contribution in [0.3, 0.4) is 0 Å². The van der Waals surface area contributed by atoms with E-state index in [0.29, 0.717) is 16.2 Å². The Bertz CT molecular complexity index is 452. The van der Waals surface area contributed by atoms with E-state index < -0.39 is 0 Å². The molecule has 1 heterocycles. The average Bonchev–Trinajstić information content (AvgIpc) is 2.49. The highest BCUT2D eigenvalue weighted by molar-refractivity contribution is 7.17. The van der Waals surface area contributed by atoms with Gasteiger partial charge in [-0.05, 0) is 12.1 Å². The van der Waals surface area contributed by atoms with Crippen molar-refractivity contribution in [1.29, 1.82) is 0 Å². The second-order valence-corrected chi connectivity index (χ2v) is 3.86. The van der Waals surface area contributed by atoms with Gasteiger partial charge in [-0.3, -0.25) is 0 Å². The number of benzene rings is 1. The van der Waals surface area contributed by atoms with E-state index in [2.05, 4.69) is 0 Å². The van der Waals surface area contributed by atoms with Gasteiger partial charge in [0.1, 0.15) is 11.6 Å². The van der Waals surface area contributed by atoms with Gasteiger partial charge in [0.05, 0.1) is 17.5 Å². The van der Waals surface area contributed by atoms with Crippen molar-refractivity contribution in [3.63, 3.8) is 0 Å².